The van der Waals surface area contributed by atoms with Crippen molar-refractivity contribution >= 4 is 34.6 Å². The second kappa shape index (κ2) is 10.6. The molecule has 0 radical (unpaired) electrons. The molecule has 1 aliphatic rings. The van der Waals surface area contributed by atoms with Crippen LogP contribution < -0.4 is 0 Å². The van der Waals surface area contributed by atoms with Crippen LogP contribution in [0, 0.1) is 6.92 Å². The first-order valence-electron chi connectivity index (χ1n) is 11.8. The second-order valence-corrected chi connectivity index (χ2v) is 9.52. The third-order valence-corrected chi connectivity index (χ3v) is 6.93. The van der Waals surface area contributed by atoms with E-state index in [4.69, 9.17) is 4.99 Å². The molecule has 0 saturated carbocycles. The van der Waals surface area contributed by atoms with Gasteiger partial charge in [0.1, 0.15) is 0 Å². The molecule has 5 heteroatoms. The summed E-state index contributed by atoms with van der Waals surface area (Å²) >= 11 is 1.45. The monoisotopic (exact) mass is 477 g/mol. The third-order valence-electron chi connectivity index (χ3n) is 5.92. The highest BCUT2D eigenvalue weighted by molar-refractivity contribution is 8.18. The van der Waals surface area contributed by atoms with Crippen molar-refractivity contribution in [3.63, 3.8) is 0 Å². The number of amides is 1. The zero-order chi connectivity index (χ0) is 24.0. The number of nitrogens with zero attached hydrogens (tertiary/aromatic N) is 3. The Morgan fingerprint density at radius 2 is 1.54 bits per heavy atom. The van der Waals surface area contributed by atoms with Crippen molar-refractivity contribution in [2.45, 2.75) is 19.8 Å². The van der Waals surface area contributed by atoms with Gasteiger partial charge in [0.05, 0.1) is 10.6 Å². The second-order valence-electron chi connectivity index (χ2n) is 8.51. The van der Waals surface area contributed by atoms with Gasteiger partial charge in [0.2, 0.25) is 0 Å². The minimum Gasteiger partial charge on any atom is -0.321 e. The number of para-hydroxylation sites is 2. The van der Waals surface area contributed by atoms with E-state index in [9.17, 15) is 4.79 Å². The molecule has 0 aliphatic carbocycles. The highest BCUT2D eigenvalue weighted by atomic mass is 32.2. The lowest BCUT2D eigenvalue weighted by Crippen LogP contribution is -2.30. The lowest BCUT2D eigenvalue weighted by Gasteiger charge is -2.15. The molecule has 0 bridgehead atoms. The quantitative estimate of drug-likeness (QED) is 0.268. The zero-order valence-electron chi connectivity index (χ0n) is 19.7. The van der Waals surface area contributed by atoms with Crippen molar-refractivity contribution < 1.29 is 4.79 Å². The Morgan fingerprint density at radius 1 is 0.886 bits per heavy atom. The van der Waals surface area contributed by atoms with Crippen LogP contribution in [0.4, 0.5) is 5.69 Å². The van der Waals surface area contributed by atoms with E-state index in [0.717, 1.165) is 40.6 Å². The fraction of sp³-hybridized carbons (Fsp3) is 0.133. The summed E-state index contributed by atoms with van der Waals surface area (Å²) in [6.07, 6.45) is 5.86. The standard InChI is InChI=1S/C30H27N3OS/c1-23-20-25(22-33(23)27-17-9-4-10-18-27)21-28-29(34)32(19-11-14-24-12-5-2-6-13-24)30(35-28)31-26-15-7-3-8-16-26/h2-10,12-13,15-18,20-22H,11,14,19H2,1H3/b28-21+,31-30?. The number of hydrogen-bond donors (Lipinski definition) is 0. The minimum atomic E-state index is 0.0165. The Morgan fingerprint density at radius 3 is 2.26 bits per heavy atom. The number of amidine groups is 1. The highest BCUT2D eigenvalue weighted by Crippen LogP contribution is 2.34. The van der Waals surface area contributed by atoms with E-state index in [-0.39, 0.29) is 5.91 Å². The molecule has 4 nitrogen and oxygen atoms in total. The number of carbonyl (C=O) groups excluding carboxylic acids is 1. The molecular formula is C30H27N3OS. The van der Waals surface area contributed by atoms with Crippen molar-refractivity contribution in [1.82, 2.24) is 9.47 Å². The topological polar surface area (TPSA) is 37.6 Å². The summed E-state index contributed by atoms with van der Waals surface area (Å²) in [7, 11) is 0. The first kappa shape index (κ1) is 22.9. The molecule has 1 aromatic heterocycles. The fourth-order valence-corrected chi connectivity index (χ4v) is 5.21. The SMILES string of the molecule is Cc1cc(/C=C2/SC(=Nc3ccccc3)N(CCCc3ccccc3)C2=O)cn1-c1ccccc1. The van der Waals surface area contributed by atoms with Gasteiger partial charge in [0.15, 0.2) is 5.17 Å². The predicted molar refractivity (Wildman–Crippen MR) is 146 cm³/mol. The van der Waals surface area contributed by atoms with E-state index in [0.29, 0.717) is 11.4 Å². The predicted octanol–water partition coefficient (Wildman–Crippen LogP) is 7.02. The first-order valence-corrected chi connectivity index (χ1v) is 12.6. The van der Waals surface area contributed by atoms with E-state index in [2.05, 4.69) is 60.2 Å². The van der Waals surface area contributed by atoms with Crippen LogP contribution in [0.5, 0.6) is 0 Å². The zero-order valence-corrected chi connectivity index (χ0v) is 20.5. The van der Waals surface area contributed by atoms with Gasteiger partial charge in [0.25, 0.3) is 5.91 Å². The summed E-state index contributed by atoms with van der Waals surface area (Å²) in [6, 6.07) is 32.6. The van der Waals surface area contributed by atoms with Gasteiger partial charge in [-0.1, -0.05) is 66.7 Å². The normalized spacial score (nSPS) is 15.9. The largest absolute Gasteiger partial charge is 0.321 e. The molecule has 0 N–H and O–H groups in total. The molecule has 0 unspecified atom stereocenters. The van der Waals surface area contributed by atoms with Crippen LogP contribution in [0.25, 0.3) is 11.8 Å². The van der Waals surface area contributed by atoms with Crippen molar-refractivity contribution in [3.05, 3.63) is 125 Å². The van der Waals surface area contributed by atoms with Gasteiger partial charge >= 0.3 is 0 Å². The molecule has 174 valence electrons. The van der Waals surface area contributed by atoms with E-state index in [1.807, 2.05) is 65.6 Å². The van der Waals surface area contributed by atoms with Crippen molar-refractivity contribution in [1.29, 1.82) is 0 Å². The van der Waals surface area contributed by atoms with Crippen LogP contribution in [0.1, 0.15) is 23.2 Å². The van der Waals surface area contributed by atoms with Crippen LogP contribution in [0.2, 0.25) is 0 Å². The van der Waals surface area contributed by atoms with Crippen LogP contribution >= 0.6 is 11.8 Å². The number of carbonyl (C=O) groups is 1. The van der Waals surface area contributed by atoms with Gasteiger partial charge in [-0.2, -0.15) is 0 Å². The van der Waals surface area contributed by atoms with E-state index >= 15 is 0 Å². The summed E-state index contributed by atoms with van der Waals surface area (Å²) in [4.78, 5) is 20.8. The Labute approximate surface area is 210 Å². The lowest BCUT2D eigenvalue weighted by molar-refractivity contribution is -0.122. The average molecular weight is 478 g/mol. The van der Waals surface area contributed by atoms with Gasteiger partial charge in [-0.3, -0.25) is 9.69 Å². The van der Waals surface area contributed by atoms with Crippen molar-refractivity contribution in [3.8, 4) is 5.69 Å². The maximum Gasteiger partial charge on any atom is 0.266 e. The van der Waals surface area contributed by atoms with Crippen LogP contribution in [0.3, 0.4) is 0 Å². The number of thioether (sulfide) groups is 1. The van der Waals surface area contributed by atoms with Gasteiger partial charge in [-0.05, 0) is 79.1 Å². The first-order chi connectivity index (χ1) is 17.2. The minimum absolute atomic E-state index is 0.0165. The molecular weight excluding hydrogens is 450 g/mol. The Kier molecular flexibility index (Phi) is 6.96. The number of aromatic nitrogens is 1. The molecule has 1 fully saturated rings. The Bertz CT molecular complexity index is 1360. The summed E-state index contributed by atoms with van der Waals surface area (Å²) < 4.78 is 2.15. The van der Waals surface area contributed by atoms with Crippen LogP contribution in [0.15, 0.2) is 113 Å². The molecule has 3 aromatic carbocycles. The van der Waals surface area contributed by atoms with Gasteiger partial charge in [-0.15, -0.1) is 0 Å². The van der Waals surface area contributed by atoms with Gasteiger partial charge in [0, 0.05) is 24.1 Å². The van der Waals surface area contributed by atoms with E-state index in [1.54, 1.807) is 0 Å². The van der Waals surface area contributed by atoms with Crippen LogP contribution in [-0.2, 0) is 11.2 Å². The van der Waals surface area contributed by atoms with Crippen LogP contribution in [-0.4, -0.2) is 27.1 Å². The maximum atomic E-state index is 13.5. The maximum absolute atomic E-state index is 13.5. The third kappa shape index (κ3) is 5.47. The molecule has 2 heterocycles. The number of aliphatic imine (C=N–C) groups is 1. The molecule has 1 saturated heterocycles. The van der Waals surface area contributed by atoms with Crippen molar-refractivity contribution in [2.75, 3.05) is 6.54 Å². The molecule has 1 amide bonds. The fourth-order valence-electron chi connectivity index (χ4n) is 4.18. The highest BCUT2D eigenvalue weighted by Gasteiger charge is 2.33. The van der Waals surface area contributed by atoms with Crippen molar-refractivity contribution in [2.24, 2.45) is 4.99 Å². The molecule has 0 atom stereocenters. The number of benzene rings is 3. The molecule has 35 heavy (non-hydrogen) atoms. The van der Waals surface area contributed by atoms with Gasteiger partial charge in [-0.25, -0.2) is 4.99 Å². The summed E-state index contributed by atoms with van der Waals surface area (Å²) in [5.74, 6) is 0.0165. The molecule has 4 aromatic rings. The Hall–Kier alpha value is -3.83. The van der Waals surface area contributed by atoms with Gasteiger partial charge < -0.3 is 4.57 Å². The lowest BCUT2D eigenvalue weighted by atomic mass is 10.1. The summed E-state index contributed by atoms with van der Waals surface area (Å²) in [5, 5.41) is 0.736. The summed E-state index contributed by atoms with van der Waals surface area (Å²) in [5.41, 5.74) is 5.36. The molecule has 0 spiro atoms. The molecule has 5 rings (SSSR count). The number of aryl methyl sites for hydroxylation is 2. The number of hydrogen-bond acceptors (Lipinski definition) is 3. The average Bonchev–Trinajstić information content (AvgIpc) is 3.40. The molecule has 1 aliphatic heterocycles. The smallest absolute Gasteiger partial charge is 0.266 e. The van der Waals surface area contributed by atoms with E-state index < -0.39 is 0 Å². The number of rotatable bonds is 7. The van der Waals surface area contributed by atoms with E-state index in [1.165, 1.54) is 17.3 Å². The Balaban J connectivity index is 1.40. The summed E-state index contributed by atoms with van der Waals surface area (Å²) in [6.45, 7) is 2.71.